The molecule has 3 heterocycles. The summed E-state index contributed by atoms with van der Waals surface area (Å²) in [4.78, 5) is 4.60. The molecule has 1 aromatic heterocycles. The predicted octanol–water partition coefficient (Wildman–Crippen LogP) is 1.26. The van der Waals surface area contributed by atoms with Crippen LogP contribution in [0.25, 0.3) is 0 Å². The molecule has 2 atom stereocenters. The molecule has 0 aliphatic carbocycles. The topological polar surface area (TPSA) is 85.5 Å². The van der Waals surface area contributed by atoms with Gasteiger partial charge in [-0.05, 0) is 19.1 Å². The Hall–Kier alpha value is -1.77. The van der Waals surface area contributed by atoms with Crippen molar-refractivity contribution in [3.63, 3.8) is 0 Å². The first-order valence-corrected chi connectivity index (χ1v) is 9.36. The minimum Gasteiger partial charge on any atom is -0.380 e. The van der Waals surface area contributed by atoms with Gasteiger partial charge in [0, 0.05) is 30.8 Å². The molecule has 2 saturated heterocycles. The van der Waals surface area contributed by atoms with Crippen molar-refractivity contribution in [2.24, 2.45) is 11.3 Å². The minimum absolute atomic E-state index is 0.142. The first kappa shape index (κ1) is 15.7. The minimum atomic E-state index is -3.49. The first-order valence-electron chi connectivity index (χ1n) is 7.92. The lowest BCUT2D eigenvalue weighted by atomic mass is 9.78. The van der Waals surface area contributed by atoms with E-state index in [2.05, 4.69) is 10.1 Å². The number of benzene rings is 1. The molecule has 2 aliphatic rings. The second-order valence-corrected chi connectivity index (χ2v) is 8.54. The molecule has 0 spiro atoms. The fourth-order valence-corrected chi connectivity index (χ4v) is 5.27. The van der Waals surface area contributed by atoms with Crippen molar-refractivity contribution in [3.05, 3.63) is 42.0 Å². The summed E-state index contributed by atoms with van der Waals surface area (Å²) in [7, 11) is -3.49. The van der Waals surface area contributed by atoms with Gasteiger partial charge in [0.25, 0.3) is 0 Å². The Labute approximate surface area is 140 Å². The summed E-state index contributed by atoms with van der Waals surface area (Å²) in [5.41, 5.74) is -0.291. The van der Waals surface area contributed by atoms with E-state index in [0.717, 1.165) is 0 Å². The smallest absolute Gasteiger partial charge is 0.243 e. The van der Waals surface area contributed by atoms with E-state index >= 15 is 0 Å². The maximum absolute atomic E-state index is 12.9. The summed E-state index contributed by atoms with van der Waals surface area (Å²) < 4.78 is 38.3. The number of rotatable bonds is 4. The lowest BCUT2D eigenvalue weighted by molar-refractivity contribution is 0.137. The Morgan fingerprint density at radius 2 is 2.12 bits per heavy atom. The van der Waals surface area contributed by atoms with Crippen LogP contribution in [0.4, 0.5) is 0 Å². The van der Waals surface area contributed by atoms with Gasteiger partial charge in [0.15, 0.2) is 5.82 Å². The lowest BCUT2D eigenvalue weighted by Crippen LogP contribution is -2.35. The highest BCUT2D eigenvalue weighted by Gasteiger charge is 2.54. The molecule has 0 radical (unpaired) electrons. The molecule has 128 valence electrons. The van der Waals surface area contributed by atoms with Crippen LogP contribution >= 0.6 is 0 Å². The third-order valence-corrected chi connectivity index (χ3v) is 6.77. The Balaban J connectivity index is 1.61. The van der Waals surface area contributed by atoms with Gasteiger partial charge in [-0.2, -0.15) is 9.29 Å². The number of aryl methyl sites for hydroxylation is 1. The molecule has 0 bridgehead atoms. The maximum atomic E-state index is 12.9. The monoisotopic (exact) mass is 349 g/mol. The molecule has 2 aliphatic heterocycles. The van der Waals surface area contributed by atoms with Crippen LogP contribution in [0.3, 0.4) is 0 Å². The van der Waals surface area contributed by atoms with Gasteiger partial charge < -0.3 is 9.26 Å². The van der Waals surface area contributed by atoms with E-state index in [0.29, 0.717) is 49.3 Å². The SMILES string of the molecule is Cc1noc(C[C@]23COC[C@H]2CN(S(=O)(=O)c2ccccc2)C3)n1. The first-order chi connectivity index (χ1) is 11.5. The van der Waals surface area contributed by atoms with Crippen LogP contribution in [0.1, 0.15) is 11.7 Å². The highest BCUT2D eigenvalue weighted by Crippen LogP contribution is 2.45. The summed E-state index contributed by atoms with van der Waals surface area (Å²) in [5, 5.41) is 3.83. The van der Waals surface area contributed by atoms with Crippen molar-refractivity contribution in [2.75, 3.05) is 26.3 Å². The molecule has 0 amide bonds. The van der Waals surface area contributed by atoms with E-state index in [1.807, 2.05) is 6.07 Å². The van der Waals surface area contributed by atoms with Gasteiger partial charge in [-0.15, -0.1) is 0 Å². The number of fused-ring (bicyclic) bond motifs is 1. The molecule has 0 saturated carbocycles. The zero-order chi connectivity index (χ0) is 16.8. The highest BCUT2D eigenvalue weighted by atomic mass is 32.2. The van der Waals surface area contributed by atoms with Crippen molar-refractivity contribution in [2.45, 2.75) is 18.2 Å². The summed E-state index contributed by atoms with van der Waals surface area (Å²) in [6.45, 7) is 3.72. The van der Waals surface area contributed by atoms with Crippen LogP contribution in [-0.4, -0.2) is 49.2 Å². The molecule has 8 heteroatoms. The zero-order valence-electron chi connectivity index (χ0n) is 13.4. The zero-order valence-corrected chi connectivity index (χ0v) is 14.2. The number of ether oxygens (including phenoxy) is 1. The molecule has 2 aromatic rings. The second kappa shape index (κ2) is 5.65. The van der Waals surface area contributed by atoms with Crippen LogP contribution in [0.2, 0.25) is 0 Å². The van der Waals surface area contributed by atoms with E-state index in [1.54, 1.807) is 35.5 Å². The number of hydrogen-bond acceptors (Lipinski definition) is 6. The van der Waals surface area contributed by atoms with Crippen LogP contribution in [-0.2, 0) is 21.2 Å². The summed E-state index contributed by atoms with van der Waals surface area (Å²) in [6.07, 6.45) is 0.541. The van der Waals surface area contributed by atoms with Crippen molar-refractivity contribution < 1.29 is 17.7 Å². The van der Waals surface area contributed by atoms with Crippen molar-refractivity contribution in [1.29, 1.82) is 0 Å². The standard InChI is InChI=1S/C16H19N3O4S/c1-12-17-15(23-18-12)7-16-10-19(8-13(16)9-22-11-16)24(20,21)14-5-3-2-4-6-14/h2-6,13H,7-11H2,1H3/t13-,16+/m1/s1. The Morgan fingerprint density at radius 3 is 2.83 bits per heavy atom. The normalized spacial score (nSPS) is 27.5. The van der Waals surface area contributed by atoms with E-state index in [9.17, 15) is 8.42 Å². The summed E-state index contributed by atoms with van der Waals surface area (Å²) in [6, 6.07) is 8.56. The van der Waals surface area contributed by atoms with Gasteiger partial charge >= 0.3 is 0 Å². The molecule has 0 N–H and O–H groups in total. The molecule has 7 nitrogen and oxygen atoms in total. The number of aromatic nitrogens is 2. The van der Waals surface area contributed by atoms with Crippen molar-refractivity contribution in [1.82, 2.24) is 14.4 Å². The van der Waals surface area contributed by atoms with Crippen LogP contribution in [0, 0.1) is 18.3 Å². The molecule has 2 fully saturated rings. The van der Waals surface area contributed by atoms with Crippen LogP contribution < -0.4 is 0 Å². The maximum Gasteiger partial charge on any atom is 0.243 e. The molecule has 0 unspecified atom stereocenters. The fraction of sp³-hybridized carbons (Fsp3) is 0.500. The van der Waals surface area contributed by atoms with Crippen molar-refractivity contribution in [3.8, 4) is 0 Å². The summed E-state index contributed by atoms with van der Waals surface area (Å²) in [5.74, 6) is 1.27. The Bertz CT molecular complexity index is 836. The predicted molar refractivity (Wildman–Crippen MR) is 84.7 cm³/mol. The average Bonchev–Trinajstić information content (AvgIpc) is 3.22. The molecule has 24 heavy (non-hydrogen) atoms. The Kier molecular flexibility index (Phi) is 3.70. The van der Waals surface area contributed by atoms with Gasteiger partial charge in [0.05, 0.1) is 18.1 Å². The van der Waals surface area contributed by atoms with E-state index in [4.69, 9.17) is 9.26 Å². The van der Waals surface area contributed by atoms with E-state index in [1.165, 1.54) is 0 Å². The highest BCUT2D eigenvalue weighted by molar-refractivity contribution is 7.89. The molecule has 1 aromatic carbocycles. The van der Waals surface area contributed by atoms with Gasteiger partial charge in [0.2, 0.25) is 15.9 Å². The second-order valence-electron chi connectivity index (χ2n) is 6.60. The summed E-state index contributed by atoms with van der Waals surface area (Å²) >= 11 is 0. The third kappa shape index (κ3) is 2.54. The van der Waals surface area contributed by atoms with Gasteiger partial charge in [-0.3, -0.25) is 0 Å². The Morgan fingerprint density at radius 1 is 1.33 bits per heavy atom. The van der Waals surface area contributed by atoms with Gasteiger partial charge in [-0.1, -0.05) is 23.4 Å². The van der Waals surface area contributed by atoms with E-state index < -0.39 is 10.0 Å². The number of hydrogen-bond donors (Lipinski definition) is 0. The molecule has 4 rings (SSSR count). The lowest BCUT2D eigenvalue weighted by Gasteiger charge is -2.25. The quantitative estimate of drug-likeness (QED) is 0.826. The van der Waals surface area contributed by atoms with Crippen molar-refractivity contribution >= 4 is 10.0 Å². The van der Waals surface area contributed by atoms with Gasteiger partial charge in [0.1, 0.15) is 0 Å². The molecular formula is C16H19N3O4S. The molecular weight excluding hydrogens is 330 g/mol. The largest absolute Gasteiger partial charge is 0.380 e. The third-order valence-electron chi connectivity index (χ3n) is 4.94. The number of sulfonamides is 1. The van der Waals surface area contributed by atoms with Gasteiger partial charge in [-0.25, -0.2) is 8.42 Å². The van der Waals surface area contributed by atoms with Crippen LogP contribution in [0.5, 0.6) is 0 Å². The van der Waals surface area contributed by atoms with E-state index in [-0.39, 0.29) is 11.3 Å². The average molecular weight is 349 g/mol. The van der Waals surface area contributed by atoms with Crippen LogP contribution in [0.15, 0.2) is 39.8 Å². The fourth-order valence-electron chi connectivity index (χ4n) is 3.67. The number of nitrogens with zero attached hydrogens (tertiary/aromatic N) is 3.